The van der Waals surface area contributed by atoms with Crippen molar-refractivity contribution in [3.8, 4) is 23.3 Å². The Kier molecular flexibility index (Phi) is 5.28. The monoisotopic (exact) mass is 279 g/mol. The molecule has 0 fully saturated rings. The number of benzene rings is 1. The predicted octanol–water partition coefficient (Wildman–Crippen LogP) is 1.36. The van der Waals surface area contributed by atoms with Crippen LogP contribution in [-0.4, -0.2) is 29.4 Å². The van der Waals surface area contributed by atoms with Crippen molar-refractivity contribution in [3.63, 3.8) is 0 Å². The van der Waals surface area contributed by atoms with Crippen molar-refractivity contribution in [2.45, 2.75) is 0 Å². The van der Waals surface area contributed by atoms with Crippen molar-refractivity contribution in [2.24, 2.45) is 0 Å². The second-order valence-corrected chi connectivity index (χ2v) is 3.71. The highest BCUT2D eigenvalue weighted by atomic mass is 16.5. The molecule has 1 aromatic carbocycles. The van der Waals surface area contributed by atoms with Gasteiger partial charge in [-0.1, -0.05) is 6.07 Å². The van der Waals surface area contributed by atoms with Crippen LogP contribution in [0.25, 0.3) is 0 Å². The smallest absolute Gasteiger partial charge is 0.240 e. The zero-order chi connectivity index (χ0) is 15.1. The number of hydrogen-bond acceptors (Lipinski definition) is 7. The number of methoxy groups -OCH3 is 2. The van der Waals surface area contributed by atoms with Crippen molar-refractivity contribution in [3.05, 3.63) is 30.3 Å². The fraction of sp³-hybridized carbons (Fsp3) is 0.154. The summed E-state index contributed by atoms with van der Waals surface area (Å²) in [6.45, 7) is 0. The normalized spacial score (nSPS) is 9.30. The molecular weight excluding hydrogens is 262 g/mol. The molecule has 2 aromatic rings. The summed E-state index contributed by atoms with van der Waals surface area (Å²) in [5, 5.41) is 17.3. The lowest BCUT2D eigenvalue weighted by atomic mass is 10.3. The first kappa shape index (κ1) is 15.2. The topological polar surface area (TPSA) is 124 Å². The van der Waals surface area contributed by atoms with Gasteiger partial charge in [-0.3, -0.25) is 0 Å². The van der Waals surface area contributed by atoms with Gasteiger partial charge in [-0.2, -0.15) is 4.98 Å². The van der Waals surface area contributed by atoms with Gasteiger partial charge >= 0.3 is 0 Å². The van der Waals surface area contributed by atoms with Crippen molar-refractivity contribution in [1.82, 2.24) is 4.98 Å². The maximum Gasteiger partial charge on any atom is 0.240 e. The fourth-order valence-corrected chi connectivity index (χ4v) is 1.33. The van der Waals surface area contributed by atoms with E-state index in [-0.39, 0.29) is 11.5 Å². The SMILES string of the molecule is COc1nc(OC)c(N)cc1N.Oc1cccc(O)c1. The average Bonchev–Trinajstić information content (AvgIpc) is 2.39. The molecule has 0 spiro atoms. The van der Waals surface area contributed by atoms with Crippen LogP contribution in [0.5, 0.6) is 23.3 Å². The van der Waals surface area contributed by atoms with Crippen LogP contribution < -0.4 is 20.9 Å². The van der Waals surface area contributed by atoms with Gasteiger partial charge in [0.25, 0.3) is 0 Å². The summed E-state index contributed by atoms with van der Waals surface area (Å²) in [5.41, 5.74) is 11.9. The highest BCUT2D eigenvalue weighted by Gasteiger charge is 2.07. The van der Waals surface area contributed by atoms with Gasteiger partial charge in [0.05, 0.1) is 25.6 Å². The molecule has 0 bridgehead atoms. The largest absolute Gasteiger partial charge is 0.508 e. The van der Waals surface area contributed by atoms with Crippen LogP contribution in [0.1, 0.15) is 0 Å². The first-order valence-corrected chi connectivity index (χ1v) is 5.60. The van der Waals surface area contributed by atoms with Crippen molar-refractivity contribution in [2.75, 3.05) is 25.7 Å². The van der Waals surface area contributed by atoms with Gasteiger partial charge in [0, 0.05) is 6.07 Å². The quantitative estimate of drug-likeness (QED) is 0.654. The van der Waals surface area contributed by atoms with E-state index in [0.29, 0.717) is 23.1 Å². The average molecular weight is 279 g/mol. The number of nitrogen functional groups attached to an aromatic ring is 2. The Morgan fingerprint density at radius 2 is 1.35 bits per heavy atom. The molecule has 1 aromatic heterocycles. The molecule has 0 unspecified atom stereocenters. The first-order chi connectivity index (χ1) is 9.47. The maximum absolute atomic E-state index is 8.65. The number of nitrogens with two attached hydrogens (primary N) is 2. The zero-order valence-corrected chi connectivity index (χ0v) is 11.2. The van der Waals surface area contributed by atoms with E-state index in [1.807, 2.05) is 0 Å². The number of hydrogen-bond donors (Lipinski definition) is 4. The van der Waals surface area contributed by atoms with E-state index < -0.39 is 0 Å². The van der Waals surface area contributed by atoms with Gasteiger partial charge < -0.3 is 31.2 Å². The van der Waals surface area contributed by atoms with E-state index >= 15 is 0 Å². The van der Waals surface area contributed by atoms with Gasteiger partial charge in [-0.15, -0.1) is 0 Å². The third kappa shape index (κ3) is 4.13. The van der Waals surface area contributed by atoms with E-state index in [1.165, 1.54) is 32.4 Å². The number of aromatic hydroxyl groups is 2. The summed E-state index contributed by atoms with van der Waals surface area (Å²) in [7, 11) is 2.96. The molecule has 7 heteroatoms. The summed E-state index contributed by atoms with van der Waals surface area (Å²) >= 11 is 0. The number of anilines is 2. The molecular formula is C13H17N3O4. The van der Waals surface area contributed by atoms with Gasteiger partial charge in [-0.25, -0.2) is 0 Å². The minimum Gasteiger partial charge on any atom is -0.508 e. The van der Waals surface area contributed by atoms with E-state index in [4.69, 9.17) is 31.2 Å². The minimum atomic E-state index is 0.0880. The highest BCUT2D eigenvalue weighted by molar-refractivity contribution is 5.62. The predicted molar refractivity (Wildman–Crippen MR) is 75.9 cm³/mol. The maximum atomic E-state index is 8.65. The van der Waals surface area contributed by atoms with E-state index in [0.717, 1.165) is 0 Å². The van der Waals surface area contributed by atoms with Crippen LogP contribution in [0.4, 0.5) is 11.4 Å². The third-order valence-electron chi connectivity index (χ3n) is 2.22. The van der Waals surface area contributed by atoms with Crippen molar-refractivity contribution in [1.29, 1.82) is 0 Å². The van der Waals surface area contributed by atoms with E-state index in [9.17, 15) is 0 Å². The van der Waals surface area contributed by atoms with Crippen LogP contribution in [-0.2, 0) is 0 Å². The molecule has 6 N–H and O–H groups in total. The lowest BCUT2D eigenvalue weighted by Gasteiger charge is -2.07. The van der Waals surface area contributed by atoms with Crippen molar-refractivity contribution < 1.29 is 19.7 Å². The van der Waals surface area contributed by atoms with Gasteiger partial charge in [0.15, 0.2) is 0 Å². The summed E-state index contributed by atoms with van der Waals surface area (Å²) in [4.78, 5) is 3.91. The molecule has 0 radical (unpaired) electrons. The first-order valence-electron chi connectivity index (χ1n) is 5.60. The lowest BCUT2D eigenvalue weighted by Crippen LogP contribution is -2.01. The molecule has 0 aliphatic carbocycles. The molecule has 0 aliphatic heterocycles. The second kappa shape index (κ2) is 6.93. The number of phenols is 2. The highest BCUT2D eigenvalue weighted by Crippen LogP contribution is 2.27. The Balaban J connectivity index is 0.000000217. The molecule has 0 saturated heterocycles. The van der Waals surface area contributed by atoms with Crippen LogP contribution in [0.2, 0.25) is 0 Å². The Morgan fingerprint density at radius 1 is 0.900 bits per heavy atom. The Bertz CT molecular complexity index is 533. The molecule has 108 valence electrons. The number of pyridine rings is 1. The number of rotatable bonds is 2. The van der Waals surface area contributed by atoms with E-state index in [2.05, 4.69) is 4.98 Å². The Hall–Kier alpha value is -2.83. The molecule has 0 saturated carbocycles. The molecule has 7 nitrogen and oxygen atoms in total. The number of nitrogens with zero attached hydrogens (tertiary/aromatic N) is 1. The number of ether oxygens (including phenoxy) is 2. The van der Waals surface area contributed by atoms with Crippen molar-refractivity contribution >= 4 is 11.4 Å². The third-order valence-corrected chi connectivity index (χ3v) is 2.22. The summed E-state index contributed by atoms with van der Waals surface area (Å²) < 4.78 is 9.74. The van der Waals surface area contributed by atoms with Crippen LogP contribution in [0, 0.1) is 0 Å². The Labute approximate surface area is 116 Å². The molecule has 1 heterocycles. The summed E-state index contributed by atoms with van der Waals surface area (Å²) in [6.07, 6.45) is 0. The number of aromatic nitrogens is 1. The number of phenolic OH excluding ortho intramolecular Hbond substituents is 2. The van der Waals surface area contributed by atoms with E-state index in [1.54, 1.807) is 12.1 Å². The van der Waals surface area contributed by atoms with Crippen LogP contribution >= 0.6 is 0 Å². The molecule has 0 atom stereocenters. The molecule has 0 aliphatic rings. The Morgan fingerprint density at radius 3 is 1.65 bits per heavy atom. The molecule has 2 rings (SSSR count). The minimum absolute atomic E-state index is 0.0880. The fourth-order valence-electron chi connectivity index (χ4n) is 1.33. The van der Waals surface area contributed by atoms with Crippen LogP contribution in [0.15, 0.2) is 30.3 Å². The molecule has 0 amide bonds. The summed E-state index contributed by atoms with van der Waals surface area (Å²) in [6, 6.07) is 7.40. The standard InChI is InChI=1S/C7H11N3O2.C6H6O2/c1-11-6-4(8)3-5(9)7(10-6)12-2;7-5-2-1-3-6(8)4-5/h3H,8-9H2,1-2H3;1-4,7-8H. The zero-order valence-electron chi connectivity index (χ0n) is 11.2. The summed E-state index contributed by atoms with van der Waals surface area (Å²) in [5.74, 6) is 0.817. The van der Waals surface area contributed by atoms with Gasteiger partial charge in [0.2, 0.25) is 11.8 Å². The van der Waals surface area contributed by atoms with Crippen LogP contribution in [0.3, 0.4) is 0 Å². The second-order valence-electron chi connectivity index (χ2n) is 3.71. The van der Waals surface area contributed by atoms with Gasteiger partial charge in [-0.05, 0) is 18.2 Å². The molecule has 20 heavy (non-hydrogen) atoms. The lowest BCUT2D eigenvalue weighted by molar-refractivity contribution is 0.368. The van der Waals surface area contributed by atoms with Gasteiger partial charge in [0.1, 0.15) is 11.5 Å².